The fourth-order valence-electron chi connectivity index (χ4n) is 9.48. The van der Waals surface area contributed by atoms with Crippen molar-refractivity contribution in [3.63, 3.8) is 0 Å². The summed E-state index contributed by atoms with van der Waals surface area (Å²) >= 11 is 0. The average Bonchev–Trinajstić information content (AvgIpc) is 3.91. The predicted molar refractivity (Wildman–Crippen MR) is 264 cm³/mol. The molecular weight excluding hydrogens is 765 g/mol. The third kappa shape index (κ3) is 6.29. The lowest BCUT2D eigenvalue weighted by Gasteiger charge is -2.28. The maximum absolute atomic E-state index is 6.46. The second-order valence-corrected chi connectivity index (χ2v) is 16.1. The summed E-state index contributed by atoms with van der Waals surface area (Å²) < 4.78 is 8.87. The van der Waals surface area contributed by atoms with Gasteiger partial charge in [-0.1, -0.05) is 188 Å². The molecule has 0 amide bonds. The molecule has 0 saturated heterocycles. The van der Waals surface area contributed by atoms with Crippen molar-refractivity contribution in [1.82, 2.24) is 4.57 Å². The lowest BCUT2D eigenvalue weighted by molar-refractivity contribution is 0.670. The summed E-state index contributed by atoms with van der Waals surface area (Å²) in [6, 6.07) is 87.1. The highest BCUT2D eigenvalue weighted by atomic mass is 16.3. The first-order chi connectivity index (χ1) is 31.3. The van der Waals surface area contributed by atoms with Crippen molar-refractivity contribution in [2.75, 3.05) is 4.90 Å². The Morgan fingerprint density at radius 2 is 0.841 bits per heavy atom. The maximum atomic E-state index is 6.46. The summed E-state index contributed by atoms with van der Waals surface area (Å²) in [5.74, 6) is 0. The van der Waals surface area contributed by atoms with Crippen LogP contribution < -0.4 is 4.90 Å². The molecule has 0 radical (unpaired) electrons. The zero-order chi connectivity index (χ0) is 41.7. The second-order valence-electron chi connectivity index (χ2n) is 16.1. The molecule has 0 unspecified atom stereocenters. The van der Waals surface area contributed by atoms with Gasteiger partial charge in [-0.25, -0.2) is 0 Å². The lowest BCUT2D eigenvalue weighted by Crippen LogP contribution is -2.11. The number of rotatable bonds is 8. The Kier molecular flexibility index (Phi) is 8.83. The number of furan rings is 1. The van der Waals surface area contributed by atoms with E-state index in [0.717, 1.165) is 78.1 Å². The lowest BCUT2D eigenvalue weighted by atomic mass is 9.97. The van der Waals surface area contributed by atoms with E-state index in [1.165, 1.54) is 32.9 Å². The molecule has 2 aromatic heterocycles. The molecule has 0 spiro atoms. The van der Waals surface area contributed by atoms with Crippen LogP contribution in [0.5, 0.6) is 0 Å². The fourth-order valence-corrected chi connectivity index (χ4v) is 9.48. The van der Waals surface area contributed by atoms with Crippen LogP contribution in [0, 0.1) is 0 Å². The highest BCUT2D eigenvalue weighted by Gasteiger charge is 2.20. The van der Waals surface area contributed by atoms with Gasteiger partial charge in [-0.3, -0.25) is 0 Å². The van der Waals surface area contributed by atoms with E-state index < -0.39 is 0 Å². The first-order valence-corrected chi connectivity index (χ1v) is 21.5. The smallest absolute Gasteiger partial charge is 0.143 e. The van der Waals surface area contributed by atoms with Gasteiger partial charge in [0.05, 0.1) is 22.4 Å². The molecular formula is C60H40N2O. The van der Waals surface area contributed by atoms with E-state index in [2.05, 4.69) is 240 Å². The number of benzene rings is 10. The largest absolute Gasteiger partial charge is 0.455 e. The number of hydrogen-bond acceptors (Lipinski definition) is 2. The van der Waals surface area contributed by atoms with Crippen molar-refractivity contribution in [1.29, 1.82) is 0 Å². The molecule has 0 aliphatic heterocycles. The van der Waals surface area contributed by atoms with Gasteiger partial charge in [0.2, 0.25) is 0 Å². The van der Waals surface area contributed by atoms with Crippen molar-refractivity contribution in [3.05, 3.63) is 243 Å². The Morgan fingerprint density at radius 1 is 0.317 bits per heavy atom. The van der Waals surface area contributed by atoms with Crippen LogP contribution >= 0.6 is 0 Å². The SMILES string of the molecule is c1ccc(-c2cccc(N(c3ccc(-c4cccc5c4oc4ccccc45)cc3)c3ccccc3-c3ccc(-c4ccccc4-n4c5ccccc5c5ccccc54)cc3)c2)cc1. The fraction of sp³-hybridized carbons (Fsp3) is 0. The zero-order valence-electron chi connectivity index (χ0n) is 34.4. The molecule has 12 rings (SSSR count). The minimum absolute atomic E-state index is 0.901. The molecule has 296 valence electrons. The number of hydrogen-bond donors (Lipinski definition) is 0. The van der Waals surface area contributed by atoms with Crippen LogP contribution in [0.1, 0.15) is 0 Å². The van der Waals surface area contributed by atoms with E-state index in [9.17, 15) is 0 Å². The minimum Gasteiger partial charge on any atom is -0.455 e. The molecule has 0 atom stereocenters. The Morgan fingerprint density at radius 3 is 1.60 bits per heavy atom. The van der Waals surface area contributed by atoms with Crippen molar-refractivity contribution >= 4 is 60.8 Å². The van der Waals surface area contributed by atoms with Crippen molar-refractivity contribution in [2.45, 2.75) is 0 Å². The summed E-state index contributed by atoms with van der Waals surface area (Å²) in [4.78, 5) is 2.39. The first kappa shape index (κ1) is 36.5. The van der Waals surface area contributed by atoms with Gasteiger partial charge in [-0.05, 0) is 82.4 Å². The van der Waals surface area contributed by atoms with Crippen LogP contribution in [-0.2, 0) is 0 Å². The molecule has 12 aromatic rings. The van der Waals surface area contributed by atoms with Crippen LogP contribution in [0.3, 0.4) is 0 Å². The molecule has 0 saturated carbocycles. The molecule has 2 heterocycles. The van der Waals surface area contributed by atoms with Crippen LogP contribution in [0.4, 0.5) is 17.1 Å². The number of anilines is 3. The van der Waals surface area contributed by atoms with Crippen LogP contribution in [-0.4, -0.2) is 4.57 Å². The number of aromatic nitrogens is 1. The van der Waals surface area contributed by atoms with Gasteiger partial charge in [0, 0.05) is 49.6 Å². The van der Waals surface area contributed by atoms with E-state index in [1.807, 2.05) is 12.1 Å². The third-order valence-corrected chi connectivity index (χ3v) is 12.4. The summed E-state index contributed by atoms with van der Waals surface area (Å²) in [7, 11) is 0. The van der Waals surface area contributed by atoms with Gasteiger partial charge in [0.25, 0.3) is 0 Å². The second kappa shape index (κ2) is 15.3. The molecule has 10 aromatic carbocycles. The van der Waals surface area contributed by atoms with Crippen LogP contribution in [0.2, 0.25) is 0 Å². The molecule has 0 fully saturated rings. The van der Waals surface area contributed by atoms with Crippen molar-refractivity contribution in [3.8, 4) is 50.2 Å². The van der Waals surface area contributed by atoms with Gasteiger partial charge < -0.3 is 13.9 Å². The van der Waals surface area contributed by atoms with Gasteiger partial charge in [0.15, 0.2) is 0 Å². The Bertz CT molecular complexity index is 3560. The maximum Gasteiger partial charge on any atom is 0.143 e. The number of para-hydroxylation sites is 6. The Balaban J connectivity index is 0.965. The summed E-state index contributed by atoms with van der Waals surface area (Å²) in [6.45, 7) is 0. The summed E-state index contributed by atoms with van der Waals surface area (Å²) in [5, 5.41) is 4.77. The van der Waals surface area contributed by atoms with Crippen molar-refractivity contribution < 1.29 is 4.42 Å². The average molecular weight is 805 g/mol. The molecule has 0 bridgehead atoms. The third-order valence-electron chi connectivity index (χ3n) is 12.4. The van der Waals surface area contributed by atoms with E-state index >= 15 is 0 Å². The first-order valence-electron chi connectivity index (χ1n) is 21.5. The van der Waals surface area contributed by atoms with Crippen LogP contribution in [0.15, 0.2) is 247 Å². The molecule has 63 heavy (non-hydrogen) atoms. The van der Waals surface area contributed by atoms with Gasteiger partial charge in [-0.15, -0.1) is 0 Å². The topological polar surface area (TPSA) is 21.3 Å². The molecule has 0 aliphatic carbocycles. The molecule has 3 heteroatoms. The Labute approximate surface area is 366 Å². The van der Waals surface area contributed by atoms with E-state index in [4.69, 9.17) is 4.42 Å². The molecule has 0 aliphatic rings. The van der Waals surface area contributed by atoms with Gasteiger partial charge in [0.1, 0.15) is 11.2 Å². The number of fused-ring (bicyclic) bond motifs is 6. The molecule has 0 N–H and O–H groups in total. The standard InChI is InChI=1S/C60H40N2O/c1-2-16-41(17-3-1)45-18-14-19-47(40-45)61(46-38-36-44(37-39-46)50-25-15-26-54-53-24-8-13-31-59(53)63-60(50)54)55-27-9-4-20-48(55)42-32-34-43(35-33-42)49-21-5-10-28-56(49)62-57-29-11-6-22-51(57)52-23-7-12-30-58(52)62/h1-40H. The summed E-state index contributed by atoms with van der Waals surface area (Å²) in [5.41, 5.74) is 17.7. The predicted octanol–water partition coefficient (Wildman–Crippen LogP) is 16.8. The zero-order valence-corrected chi connectivity index (χ0v) is 34.4. The normalized spacial score (nSPS) is 11.5. The van der Waals surface area contributed by atoms with Gasteiger partial charge in [-0.2, -0.15) is 0 Å². The molecule has 3 nitrogen and oxygen atoms in total. The highest BCUT2D eigenvalue weighted by molar-refractivity contribution is 6.11. The monoisotopic (exact) mass is 804 g/mol. The number of nitrogens with zero attached hydrogens (tertiary/aromatic N) is 2. The minimum atomic E-state index is 0.901. The van der Waals surface area contributed by atoms with Crippen molar-refractivity contribution in [2.24, 2.45) is 0 Å². The Hall–Kier alpha value is -8.40. The van der Waals surface area contributed by atoms with E-state index in [0.29, 0.717) is 0 Å². The quantitative estimate of drug-likeness (QED) is 0.153. The van der Waals surface area contributed by atoms with Crippen LogP contribution in [0.25, 0.3) is 93.9 Å². The van der Waals surface area contributed by atoms with E-state index in [-0.39, 0.29) is 0 Å². The van der Waals surface area contributed by atoms with E-state index in [1.54, 1.807) is 0 Å². The highest BCUT2D eigenvalue weighted by Crippen LogP contribution is 2.44. The van der Waals surface area contributed by atoms with Gasteiger partial charge >= 0.3 is 0 Å². The summed E-state index contributed by atoms with van der Waals surface area (Å²) in [6.07, 6.45) is 0.